The van der Waals surface area contributed by atoms with Crippen molar-refractivity contribution in [2.75, 3.05) is 0 Å². The second-order valence-corrected chi connectivity index (χ2v) is 13.7. The summed E-state index contributed by atoms with van der Waals surface area (Å²) in [4.78, 5) is 24.9. The molecule has 6 aromatic carbocycles. The zero-order valence-corrected chi connectivity index (χ0v) is 30.3. The Morgan fingerprint density at radius 2 is 0.875 bits per heavy atom. The van der Waals surface area contributed by atoms with E-state index in [-0.39, 0.29) is 0 Å². The van der Waals surface area contributed by atoms with Crippen LogP contribution in [0.15, 0.2) is 200 Å². The first kappa shape index (κ1) is 33.0. The van der Waals surface area contributed by atoms with Gasteiger partial charge in [-0.25, -0.2) is 19.9 Å². The molecule has 0 atom stereocenters. The zero-order chi connectivity index (χ0) is 37.3. The fraction of sp³-hybridized carbons (Fsp3) is 0. The lowest BCUT2D eigenvalue weighted by Crippen LogP contribution is -1.96. The van der Waals surface area contributed by atoms with Gasteiger partial charge in [0.05, 0.1) is 33.8 Å². The monoisotopic (exact) mass is 715 g/mol. The molecule has 0 spiro atoms. The number of benzene rings is 6. The van der Waals surface area contributed by atoms with Crippen molar-refractivity contribution in [3.63, 3.8) is 0 Å². The van der Waals surface area contributed by atoms with Crippen LogP contribution < -0.4 is 0 Å². The Morgan fingerprint density at radius 3 is 1.57 bits per heavy atom. The Hall–Kier alpha value is -7.63. The fourth-order valence-electron chi connectivity index (χ4n) is 7.31. The quantitative estimate of drug-likeness (QED) is 0.154. The molecule has 4 heterocycles. The minimum absolute atomic E-state index is 0.664. The van der Waals surface area contributed by atoms with Crippen LogP contribution in [-0.4, -0.2) is 24.9 Å². The summed E-state index contributed by atoms with van der Waals surface area (Å²) in [5.74, 6) is 0.664. The normalized spacial score (nSPS) is 11.2. The standard InChI is InChI=1S/C51H33N5/c1-4-12-35(13-5-1)44-31-46(36-14-6-2-7-15-36)54-50-43(44)27-25-38-26-28-45(53-49(38)50)41-19-10-18-40(30-41)34-21-23-39(24-22-34)51-55-47(37-16-8-3-9-17-37)32-48(56-51)42-20-11-29-52-33-42/h1-33H. The molecule has 0 aliphatic rings. The number of rotatable bonds is 7. The molecule has 0 amide bonds. The van der Waals surface area contributed by atoms with Crippen LogP contribution in [0, 0.1) is 0 Å². The number of nitrogens with zero attached hydrogens (tertiary/aromatic N) is 5. The molecule has 0 bridgehead atoms. The lowest BCUT2D eigenvalue weighted by Gasteiger charge is -2.13. The first-order chi connectivity index (χ1) is 27.7. The van der Waals surface area contributed by atoms with Gasteiger partial charge in [-0.3, -0.25) is 4.98 Å². The molecule has 4 aromatic heterocycles. The molecule has 0 N–H and O–H groups in total. The highest BCUT2D eigenvalue weighted by atomic mass is 14.9. The molecule has 0 fully saturated rings. The van der Waals surface area contributed by atoms with Gasteiger partial charge in [0.15, 0.2) is 5.82 Å². The average molecular weight is 716 g/mol. The Morgan fingerprint density at radius 1 is 0.304 bits per heavy atom. The van der Waals surface area contributed by atoms with Crippen LogP contribution in [-0.2, 0) is 0 Å². The molecule has 5 heteroatoms. The molecular weight excluding hydrogens is 683 g/mol. The van der Waals surface area contributed by atoms with Crippen molar-refractivity contribution < 1.29 is 0 Å². The lowest BCUT2D eigenvalue weighted by atomic mass is 9.96. The molecular formula is C51H33N5. The van der Waals surface area contributed by atoms with E-state index in [9.17, 15) is 0 Å². The van der Waals surface area contributed by atoms with Crippen molar-refractivity contribution in [3.05, 3.63) is 200 Å². The first-order valence-electron chi connectivity index (χ1n) is 18.7. The van der Waals surface area contributed by atoms with Gasteiger partial charge in [-0.2, -0.15) is 0 Å². The molecule has 10 aromatic rings. The first-order valence-corrected chi connectivity index (χ1v) is 18.7. The summed E-state index contributed by atoms with van der Waals surface area (Å²) in [5, 5.41) is 2.13. The van der Waals surface area contributed by atoms with Crippen LogP contribution in [0.4, 0.5) is 0 Å². The Bertz CT molecular complexity index is 2930. The van der Waals surface area contributed by atoms with Gasteiger partial charge < -0.3 is 0 Å². The van der Waals surface area contributed by atoms with Crippen molar-refractivity contribution in [3.8, 4) is 78.7 Å². The molecule has 0 saturated heterocycles. The van der Waals surface area contributed by atoms with E-state index >= 15 is 0 Å². The van der Waals surface area contributed by atoms with Gasteiger partial charge in [0.1, 0.15) is 0 Å². The van der Waals surface area contributed by atoms with Gasteiger partial charge in [-0.1, -0.05) is 152 Å². The fourth-order valence-corrected chi connectivity index (χ4v) is 7.31. The van der Waals surface area contributed by atoms with Crippen LogP contribution in [0.2, 0.25) is 0 Å². The Labute approximate surface area is 324 Å². The number of hydrogen-bond donors (Lipinski definition) is 0. The number of aromatic nitrogens is 5. The maximum Gasteiger partial charge on any atom is 0.160 e. The van der Waals surface area contributed by atoms with Crippen molar-refractivity contribution in [1.29, 1.82) is 0 Å². The molecule has 56 heavy (non-hydrogen) atoms. The summed E-state index contributed by atoms with van der Waals surface area (Å²) in [6.07, 6.45) is 3.61. The summed E-state index contributed by atoms with van der Waals surface area (Å²) >= 11 is 0. The zero-order valence-electron chi connectivity index (χ0n) is 30.3. The Balaban J connectivity index is 1.03. The highest BCUT2D eigenvalue weighted by Gasteiger charge is 2.15. The molecule has 262 valence electrons. The van der Waals surface area contributed by atoms with Crippen molar-refractivity contribution in [1.82, 2.24) is 24.9 Å². The topological polar surface area (TPSA) is 64.5 Å². The van der Waals surface area contributed by atoms with E-state index in [1.165, 1.54) is 0 Å². The van der Waals surface area contributed by atoms with Gasteiger partial charge in [0.2, 0.25) is 0 Å². The molecule has 0 saturated carbocycles. The maximum atomic E-state index is 5.31. The number of pyridine rings is 3. The van der Waals surface area contributed by atoms with Crippen LogP contribution in [0.25, 0.3) is 100 Å². The van der Waals surface area contributed by atoms with Gasteiger partial charge in [-0.15, -0.1) is 0 Å². The van der Waals surface area contributed by atoms with E-state index in [0.717, 1.165) is 94.7 Å². The van der Waals surface area contributed by atoms with E-state index in [0.29, 0.717) is 5.82 Å². The molecule has 0 unspecified atom stereocenters. The van der Waals surface area contributed by atoms with Crippen molar-refractivity contribution in [2.45, 2.75) is 0 Å². The summed E-state index contributed by atoms with van der Waals surface area (Å²) < 4.78 is 0. The van der Waals surface area contributed by atoms with Crippen LogP contribution in [0.3, 0.4) is 0 Å². The third-order valence-corrected chi connectivity index (χ3v) is 10.2. The van der Waals surface area contributed by atoms with E-state index < -0.39 is 0 Å². The summed E-state index contributed by atoms with van der Waals surface area (Å²) in [6.45, 7) is 0. The second kappa shape index (κ2) is 14.3. The molecule has 0 aliphatic heterocycles. The predicted octanol–water partition coefficient (Wildman–Crippen LogP) is 12.6. The third kappa shape index (κ3) is 6.37. The average Bonchev–Trinajstić information content (AvgIpc) is 3.29. The summed E-state index contributed by atoms with van der Waals surface area (Å²) in [6, 6.07) is 64.9. The van der Waals surface area contributed by atoms with Crippen LogP contribution in [0.5, 0.6) is 0 Å². The smallest absolute Gasteiger partial charge is 0.160 e. The minimum Gasteiger partial charge on any atom is -0.264 e. The second-order valence-electron chi connectivity index (χ2n) is 13.7. The molecule has 0 aliphatic carbocycles. The predicted molar refractivity (Wildman–Crippen MR) is 228 cm³/mol. The van der Waals surface area contributed by atoms with Crippen molar-refractivity contribution >= 4 is 21.8 Å². The molecule has 0 radical (unpaired) electrons. The van der Waals surface area contributed by atoms with E-state index in [2.05, 4.69) is 151 Å². The van der Waals surface area contributed by atoms with Crippen molar-refractivity contribution in [2.24, 2.45) is 0 Å². The van der Waals surface area contributed by atoms with Crippen LogP contribution in [0.1, 0.15) is 0 Å². The highest BCUT2D eigenvalue weighted by molar-refractivity contribution is 6.09. The van der Waals surface area contributed by atoms with E-state index in [1.807, 2.05) is 48.7 Å². The SMILES string of the molecule is c1ccc(-c2cc(-c3cccnc3)nc(-c3ccc(-c4cccc(-c5ccc6ccc7c(-c8ccccc8)cc(-c8ccccc8)nc7c6n5)c4)cc3)n2)cc1. The maximum absolute atomic E-state index is 5.31. The third-order valence-electron chi connectivity index (χ3n) is 10.2. The molecule has 10 rings (SSSR count). The number of hydrogen-bond acceptors (Lipinski definition) is 5. The van der Waals surface area contributed by atoms with E-state index in [1.54, 1.807) is 6.20 Å². The number of fused-ring (bicyclic) bond motifs is 3. The van der Waals surface area contributed by atoms with E-state index in [4.69, 9.17) is 19.9 Å². The summed E-state index contributed by atoms with van der Waals surface area (Å²) in [5.41, 5.74) is 14.8. The van der Waals surface area contributed by atoms with Crippen LogP contribution >= 0.6 is 0 Å². The Kier molecular flexibility index (Phi) is 8.43. The molecule has 5 nitrogen and oxygen atoms in total. The highest BCUT2D eigenvalue weighted by Crippen LogP contribution is 2.36. The largest absolute Gasteiger partial charge is 0.264 e. The van der Waals surface area contributed by atoms with Gasteiger partial charge in [-0.05, 0) is 58.7 Å². The van der Waals surface area contributed by atoms with Gasteiger partial charge in [0, 0.05) is 51.0 Å². The minimum atomic E-state index is 0.664. The van der Waals surface area contributed by atoms with Gasteiger partial charge in [0.25, 0.3) is 0 Å². The summed E-state index contributed by atoms with van der Waals surface area (Å²) in [7, 11) is 0. The van der Waals surface area contributed by atoms with Gasteiger partial charge >= 0.3 is 0 Å². The lowest BCUT2D eigenvalue weighted by molar-refractivity contribution is 1.18.